The number of H-pyrrole nitrogens is 1. The molecule has 3 aromatic carbocycles. The van der Waals surface area contributed by atoms with E-state index in [9.17, 15) is 50.4 Å². The van der Waals surface area contributed by atoms with Crippen molar-refractivity contribution in [1.82, 2.24) is 9.97 Å². The third-order valence-corrected chi connectivity index (χ3v) is 13.6. The van der Waals surface area contributed by atoms with E-state index in [-0.39, 0.29) is 23.3 Å². The van der Waals surface area contributed by atoms with Crippen LogP contribution in [0.5, 0.6) is 17.2 Å². The number of nitrogens with one attached hydrogen (secondary N) is 2. The Morgan fingerprint density at radius 2 is 1.83 bits per heavy atom. The van der Waals surface area contributed by atoms with Crippen LogP contribution in [0.4, 0.5) is 11.4 Å². The Morgan fingerprint density at radius 3 is 2.60 bits per heavy atom. The Hall–Kier alpha value is -5.49. The molecule has 1 amide bonds. The topological polar surface area (TPSA) is 258 Å². The first kappa shape index (κ1) is 39.9. The number of fused-ring (bicyclic) bond motifs is 1. The van der Waals surface area contributed by atoms with Crippen molar-refractivity contribution in [2.75, 3.05) is 23.4 Å². The van der Waals surface area contributed by atoms with Gasteiger partial charge in [0.2, 0.25) is 0 Å². The van der Waals surface area contributed by atoms with Gasteiger partial charge in [-0.25, -0.2) is 9.78 Å². The molecular weight excluding hydrogens is 776 g/mol. The van der Waals surface area contributed by atoms with Gasteiger partial charge in [0.15, 0.2) is 17.6 Å². The first-order valence-corrected chi connectivity index (χ1v) is 20.3. The van der Waals surface area contributed by atoms with Crippen LogP contribution in [0.1, 0.15) is 71.5 Å². The average Bonchev–Trinajstić information content (AvgIpc) is 3.86. The number of carboxylic acids is 1. The monoisotopic (exact) mass is 824 g/mol. The van der Waals surface area contributed by atoms with Gasteiger partial charge in [-0.1, -0.05) is 24.6 Å². The van der Waals surface area contributed by atoms with E-state index in [4.69, 9.17) is 9.47 Å². The lowest BCUT2D eigenvalue weighted by Crippen LogP contribution is -2.67. The molecule has 10 atom stereocenters. The van der Waals surface area contributed by atoms with E-state index in [0.717, 1.165) is 48.4 Å². The van der Waals surface area contributed by atoms with E-state index in [1.54, 1.807) is 18.3 Å². The number of carbonyl (C=O) groups excluding carboxylic acids is 1. The molecule has 9 rings (SSSR count). The molecule has 0 spiro atoms. The van der Waals surface area contributed by atoms with Crippen LogP contribution < -0.4 is 15.0 Å². The average molecular weight is 825 g/mol. The number of nitrogens with zero attached hydrogens (tertiary/aromatic N) is 2. The van der Waals surface area contributed by atoms with Crippen LogP contribution in [0.3, 0.4) is 0 Å². The van der Waals surface area contributed by atoms with E-state index >= 15 is 0 Å². The Labute approximate surface area is 344 Å². The third kappa shape index (κ3) is 6.49. The number of rotatable bonds is 10. The highest BCUT2D eigenvalue weighted by Crippen LogP contribution is 2.63. The van der Waals surface area contributed by atoms with Crippen molar-refractivity contribution in [3.05, 3.63) is 101 Å². The molecule has 0 radical (unpaired) electrons. The number of phenols is 2. The van der Waals surface area contributed by atoms with Gasteiger partial charge in [-0.05, 0) is 96.5 Å². The largest absolute Gasteiger partial charge is 0.508 e. The maximum absolute atomic E-state index is 14.6. The fraction of sp³-hybridized carbons (Fsp3) is 0.432. The minimum atomic E-state index is -3.10. The van der Waals surface area contributed by atoms with E-state index in [0.29, 0.717) is 36.1 Å². The first-order valence-electron chi connectivity index (χ1n) is 20.3. The van der Waals surface area contributed by atoms with Crippen LogP contribution >= 0.6 is 0 Å². The second kappa shape index (κ2) is 15.2. The number of aromatic nitrogens is 2. The second-order valence-electron chi connectivity index (χ2n) is 16.8. The zero-order valence-electron chi connectivity index (χ0n) is 32.5. The number of aliphatic hydroxyl groups excluding tert-OH is 4. The highest BCUT2D eigenvalue weighted by atomic mass is 16.8. The molecule has 16 heteroatoms. The number of aliphatic carboxylic acids is 1. The number of aromatic hydroxyl groups is 2. The highest BCUT2D eigenvalue weighted by Gasteiger charge is 2.59. The van der Waals surface area contributed by atoms with Gasteiger partial charge < -0.3 is 60.6 Å². The smallest absolute Gasteiger partial charge is 0.355 e. The van der Waals surface area contributed by atoms with Crippen LogP contribution in [0.25, 0.3) is 6.08 Å². The standard InChI is InChI=1S/C44H48N4O12/c49-20-35-39(53)40(54)41(55)44(58,60-35)59-34-16-31-28(15-33(34)51)29(17-43-25-4-2-5-26(43)18-46-30-6-1-3-23(9-10-25)37(30)43)38(42(56)57)48(31)36(52)12-8-22-7-11-32(50)24(13-22)14-27-19-45-21-47-27/h1,3,6-8,11-13,15-16,19,21,25-26,29,35,38-41,46,49-51,53-55,58H,2,4-5,9-10,14,17-18,20H2,(H,45,47)(H,56,57)/b12-8+/t25-,26+,29+,35+,38+,39+,40-,41+,43+,44-/m0/s1. The van der Waals surface area contributed by atoms with Gasteiger partial charge in [0.25, 0.3) is 5.91 Å². The molecule has 0 bridgehead atoms. The van der Waals surface area contributed by atoms with Crippen LogP contribution in [-0.4, -0.2) is 112 Å². The summed E-state index contributed by atoms with van der Waals surface area (Å²) in [6, 6.07) is 12.1. The Kier molecular flexibility index (Phi) is 10.1. The predicted molar refractivity (Wildman–Crippen MR) is 214 cm³/mol. The Morgan fingerprint density at radius 1 is 1.02 bits per heavy atom. The lowest BCUT2D eigenvalue weighted by Gasteiger charge is -2.57. The van der Waals surface area contributed by atoms with Gasteiger partial charge in [0, 0.05) is 59.6 Å². The molecule has 0 unspecified atom stereocenters. The number of anilines is 2. The SMILES string of the molecule is O=C(O)[C@H]1[C@H](C[C@]23c4c5cccc4NC[C@H]2CCC[C@H]3CC5)c2cc(O)c(O[C@]3(O)O[C@H](CO)[C@@H](O)[C@H](O)[C@H]3O)cc2N1C(=O)/C=C/c1ccc(O)c(Cc2cnc[nH]2)c1. The maximum Gasteiger partial charge on any atom is 0.355 e. The minimum absolute atomic E-state index is 0.0400. The quantitative estimate of drug-likeness (QED) is 0.0815. The molecule has 316 valence electrons. The molecule has 3 aliphatic heterocycles. The zero-order valence-corrected chi connectivity index (χ0v) is 32.5. The summed E-state index contributed by atoms with van der Waals surface area (Å²) in [5.41, 5.74) is 5.28. The van der Waals surface area contributed by atoms with Crippen molar-refractivity contribution in [3.8, 4) is 17.2 Å². The number of carboxylic acid groups (broad SMARTS) is 1. The third-order valence-electron chi connectivity index (χ3n) is 13.6. The van der Waals surface area contributed by atoms with Crippen LogP contribution in [0, 0.1) is 11.8 Å². The van der Waals surface area contributed by atoms with Crippen molar-refractivity contribution in [2.45, 2.75) is 92.7 Å². The Balaban J connectivity index is 1.14. The fourth-order valence-electron chi connectivity index (χ4n) is 10.9. The molecule has 1 aromatic heterocycles. The van der Waals surface area contributed by atoms with E-state index in [1.807, 2.05) is 6.07 Å². The number of phenolic OH excluding ortho intramolecular Hbond substituents is 2. The molecule has 1 saturated carbocycles. The molecule has 2 aliphatic carbocycles. The van der Waals surface area contributed by atoms with Crippen LogP contribution in [-0.2, 0) is 32.6 Å². The number of benzene rings is 3. The second-order valence-corrected chi connectivity index (χ2v) is 16.8. The molecule has 10 N–H and O–H groups in total. The minimum Gasteiger partial charge on any atom is -0.508 e. The number of hydrogen-bond acceptors (Lipinski definition) is 13. The number of aryl methyl sites for hydroxylation is 1. The summed E-state index contributed by atoms with van der Waals surface area (Å²) in [7, 11) is 0. The number of aliphatic hydroxyl groups is 5. The lowest BCUT2D eigenvalue weighted by atomic mass is 9.48. The van der Waals surface area contributed by atoms with Crippen molar-refractivity contribution >= 4 is 29.3 Å². The van der Waals surface area contributed by atoms with Gasteiger partial charge in [-0.2, -0.15) is 0 Å². The molecule has 2 fully saturated rings. The van der Waals surface area contributed by atoms with Gasteiger partial charge in [0.1, 0.15) is 30.1 Å². The van der Waals surface area contributed by atoms with Crippen molar-refractivity contribution < 1.29 is 59.9 Å². The fourth-order valence-corrected chi connectivity index (χ4v) is 10.9. The van der Waals surface area contributed by atoms with Crippen molar-refractivity contribution in [3.63, 3.8) is 0 Å². The number of hydrogen-bond donors (Lipinski definition) is 10. The first-order chi connectivity index (χ1) is 28.8. The summed E-state index contributed by atoms with van der Waals surface area (Å²) >= 11 is 0. The van der Waals surface area contributed by atoms with E-state index in [2.05, 4.69) is 27.4 Å². The van der Waals surface area contributed by atoms with E-state index in [1.165, 1.54) is 47.8 Å². The lowest BCUT2D eigenvalue weighted by molar-refractivity contribution is -0.422. The summed E-state index contributed by atoms with van der Waals surface area (Å²) in [5.74, 6) is -6.59. The van der Waals surface area contributed by atoms with Gasteiger partial charge in [-0.3, -0.25) is 9.69 Å². The predicted octanol–water partition coefficient (Wildman–Crippen LogP) is 2.62. The van der Waals surface area contributed by atoms with Crippen molar-refractivity contribution in [1.29, 1.82) is 0 Å². The summed E-state index contributed by atoms with van der Waals surface area (Å²) in [6.07, 6.45) is 3.64. The number of imidazole rings is 1. The molecule has 16 nitrogen and oxygen atoms in total. The molecule has 4 heterocycles. The number of carbonyl (C=O) groups is 2. The summed E-state index contributed by atoms with van der Waals surface area (Å²) in [4.78, 5) is 36.5. The summed E-state index contributed by atoms with van der Waals surface area (Å²) in [6.45, 7) is -0.169. The molecule has 1 saturated heterocycles. The molecule has 5 aliphatic rings. The van der Waals surface area contributed by atoms with E-state index < -0.39 is 77.7 Å². The van der Waals surface area contributed by atoms with Gasteiger partial charge in [-0.15, -0.1) is 0 Å². The van der Waals surface area contributed by atoms with Gasteiger partial charge in [0.05, 0.1) is 18.6 Å². The highest BCUT2D eigenvalue weighted by molar-refractivity contribution is 6.10. The number of amides is 1. The molecular formula is C44H48N4O12. The summed E-state index contributed by atoms with van der Waals surface area (Å²) in [5, 5.41) is 89.7. The van der Waals surface area contributed by atoms with Crippen LogP contribution in [0.15, 0.2) is 67.1 Å². The number of aromatic amines is 1. The normalized spacial score (nSPS) is 31.6. The molecule has 4 aromatic rings. The molecule has 60 heavy (non-hydrogen) atoms. The zero-order chi connectivity index (χ0) is 42.1. The maximum atomic E-state index is 14.6. The van der Waals surface area contributed by atoms with Gasteiger partial charge >= 0.3 is 11.9 Å². The summed E-state index contributed by atoms with van der Waals surface area (Å²) < 4.78 is 11.0. The van der Waals surface area contributed by atoms with Crippen molar-refractivity contribution in [2.24, 2.45) is 11.8 Å². The van der Waals surface area contributed by atoms with Crippen LogP contribution in [0.2, 0.25) is 0 Å². The number of ether oxygens (including phenoxy) is 2. The Bertz CT molecular complexity index is 2300.